The van der Waals surface area contributed by atoms with Gasteiger partial charge in [-0.3, -0.25) is 4.79 Å². The van der Waals surface area contributed by atoms with Crippen molar-refractivity contribution in [1.29, 1.82) is 0 Å². The second-order valence-electron chi connectivity index (χ2n) is 6.94. The highest BCUT2D eigenvalue weighted by Gasteiger charge is 2.21. The fraction of sp³-hybridized carbons (Fsp3) is 0.227. The molecule has 0 saturated heterocycles. The second-order valence-corrected chi connectivity index (χ2v) is 6.94. The van der Waals surface area contributed by atoms with Crippen LogP contribution in [0.5, 0.6) is 5.75 Å². The molecule has 0 saturated carbocycles. The predicted molar refractivity (Wildman–Crippen MR) is 110 cm³/mol. The number of anilines is 1. The molecule has 0 fully saturated rings. The van der Waals surface area contributed by atoms with Gasteiger partial charge in [0, 0.05) is 5.56 Å². The van der Waals surface area contributed by atoms with Crippen molar-refractivity contribution in [3.05, 3.63) is 65.0 Å². The van der Waals surface area contributed by atoms with E-state index in [0.29, 0.717) is 17.0 Å². The smallest absolute Gasteiger partial charge is 0.229 e. The van der Waals surface area contributed by atoms with Crippen LogP contribution < -0.4 is 15.5 Å². The molecule has 1 aliphatic rings. The summed E-state index contributed by atoms with van der Waals surface area (Å²) in [6.45, 7) is 1.86. The highest BCUT2D eigenvalue weighted by atomic mass is 16.5. The topological polar surface area (TPSA) is 64.1 Å². The summed E-state index contributed by atoms with van der Waals surface area (Å²) in [7, 11) is 7.36. The fourth-order valence-electron chi connectivity index (χ4n) is 3.45. The number of ether oxygens (including phenoxy) is 1. The van der Waals surface area contributed by atoms with Gasteiger partial charge >= 0.3 is 0 Å². The standard InChI is InChI=1S/C22H20BN3O2/c1-13-22(26-20(27)11-14-3-6-16(23)7-4-14)25-19-10-5-15-12-17(28-2)8-9-18(15)21(19)24-13/h3-4,6-9,12H,5,10-11H2,1-2H3,(H,25,26,27). The summed E-state index contributed by atoms with van der Waals surface area (Å²) < 4.78 is 5.32. The lowest BCUT2D eigenvalue weighted by Crippen LogP contribution is -2.19. The Labute approximate surface area is 165 Å². The molecule has 1 aliphatic carbocycles. The third-order valence-electron chi connectivity index (χ3n) is 4.94. The Morgan fingerprint density at radius 3 is 2.68 bits per heavy atom. The number of aryl methyl sites for hydroxylation is 3. The van der Waals surface area contributed by atoms with E-state index in [-0.39, 0.29) is 12.3 Å². The van der Waals surface area contributed by atoms with Crippen molar-refractivity contribution in [2.45, 2.75) is 26.2 Å². The first kappa shape index (κ1) is 18.2. The minimum atomic E-state index is -0.122. The Hall–Kier alpha value is -3.15. The van der Waals surface area contributed by atoms with Gasteiger partial charge < -0.3 is 10.1 Å². The molecule has 0 spiro atoms. The van der Waals surface area contributed by atoms with Crippen molar-refractivity contribution in [3.63, 3.8) is 0 Å². The van der Waals surface area contributed by atoms with Gasteiger partial charge in [-0.1, -0.05) is 29.7 Å². The Morgan fingerprint density at radius 1 is 1.14 bits per heavy atom. The zero-order valence-electron chi connectivity index (χ0n) is 16.0. The average molecular weight is 369 g/mol. The summed E-state index contributed by atoms with van der Waals surface area (Å²) in [5, 5.41) is 2.90. The van der Waals surface area contributed by atoms with Crippen LogP contribution in [-0.2, 0) is 24.1 Å². The van der Waals surface area contributed by atoms with E-state index in [2.05, 4.69) is 11.4 Å². The third-order valence-corrected chi connectivity index (χ3v) is 4.94. The van der Waals surface area contributed by atoms with E-state index >= 15 is 0 Å². The number of carbonyl (C=O) groups excluding carboxylic acids is 1. The maximum Gasteiger partial charge on any atom is 0.229 e. The quantitative estimate of drug-likeness (QED) is 0.718. The summed E-state index contributed by atoms with van der Waals surface area (Å²) >= 11 is 0. The first-order valence-corrected chi connectivity index (χ1v) is 9.22. The van der Waals surface area contributed by atoms with Crippen molar-refractivity contribution in [3.8, 4) is 17.0 Å². The minimum absolute atomic E-state index is 0.122. The first-order valence-electron chi connectivity index (χ1n) is 9.22. The molecule has 6 heteroatoms. The molecular formula is C22H20BN3O2. The summed E-state index contributed by atoms with van der Waals surface area (Å²) in [6, 6.07) is 13.3. The molecule has 1 heterocycles. The van der Waals surface area contributed by atoms with Crippen LogP contribution in [0.25, 0.3) is 11.3 Å². The molecule has 0 unspecified atom stereocenters. The number of benzene rings is 2. The van der Waals surface area contributed by atoms with Gasteiger partial charge in [-0.25, -0.2) is 9.97 Å². The van der Waals surface area contributed by atoms with E-state index in [1.54, 1.807) is 19.2 Å². The lowest BCUT2D eigenvalue weighted by atomic mass is 9.91. The fourth-order valence-corrected chi connectivity index (χ4v) is 3.45. The van der Waals surface area contributed by atoms with Crippen molar-refractivity contribution in [2.75, 3.05) is 12.4 Å². The number of methoxy groups -OCH3 is 1. The number of rotatable bonds is 4. The first-order chi connectivity index (χ1) is 13.5. The van der Waals surface area contributed by atoms with Gasteiger partial charge in [0.05, 0.1) is 30.6 Å². The number of carbonyl (C=O) groups is 1. The summed E-state index contributed by atoms with van der Waals surface area (Å²) in [5.41, 5.74) is 6.37. The predicted octanol–water partition coefficient (Wildman–Crippen LogP) is 2.53. The minimum Gasteiger partial charge on any atom is -0.497 e. The zero-order chi connectivity index (χ0) is 19.7. The number of fused-ring (bicyclic) bond motifs is 3. The summed E-state index contributed by atoms with van der Waals surface area (Å²) in [4.78, 5) is 21.9. The molecule has 1 amide bonds. The van der Waals surface area contributed by atoms with Crippen LogP contribution in [0.3, 0.4) is 0 Å². The van der Waals surface area contributed by atoms with Gasteiger partial charge in [0.1, 0.15) is 13.6 Å². The van der Waals surface area contributed by atoms with Gasteiger partial charge in [0.25, 0.3) is 0 Å². The molecule has 4 rings (SSSR count). The monoisotopic (exact) mass is 369 g/mol. The maximum atomic E-state index is 12.4. The normalized spacial score (nSPS) is 12.1. The molecule has 2 aromatic carbocycles. The van der Waals surface area contributed by atoms with Crippen LogP contribution in [0, 0.1) is 6.92 Å². The molecule has 1 aromatic heterocycles. The van der Waals surface area contributed by atoms with E-state index < -0.39 is 0 Å². The molecule has 1 N–H and O–H groups in total. The Kier molecular flexibility index (Phi) is 4.86. The van der Waals surface area contributed by atoms with Crippen molar-refractivity contribution >= 4 is 25.0 Å². The molecule has 2 radical (unpaired) electrons. The van der Waals surface area contributed by atoms with E-state index in [4.69, 9.17) is 22.6 Å². The molecule has 0 atom stereocenters. The van der Waals surface area contributed by atoms with Crippen LogP contribution >= 0.6 is 0 Å². The van der Waals surface area contributed by atoms with Gasteiger partial charge in [0.2, 0.25) is 5.91 Å². The largest absolute Gasteiger partial charge is 0.497 e. The Morgan fingerprint density at radius 2 is 1.93 bits per heavy atom. The van der Waals surface area contributed by atoms with Crippen LogP contribution in [0.1, 0.15) is 22.5 Å². The number of nitrogens with zero attached hydrogens (tertiary/aromatic N) is 2. The van der Waals surface area contributed by atoms with Gasteiger partial charge in [-0.05, 0) is 49.1 Å². The molecule has 0 aliphatic heterocycles. The molecule has 0 bridgehead atoms. The number of hydrogen-bond acceptors (Lipinski definition) is 4. The van der Waals surface area contributed by atoms with Crippen molar-refractivity contribution in [2.24, 2.45) is 0 Å². The SMILES string of the molecule is [B]c1ccc(CC(=O)Nc2nc3c(nc2C)-c2ccc(OC)cc2CC3)cc1. The van der Waals surface area contributed by atoms with E-state index in [9.17, 15) is 4.79 Å². The van der Waals surface area contributed by atoms with Crippen molar-refractivity contribution < 1.29 is 9.53 Å². The highest BCUT2D eigenvalue weighted by Crippen LogP contribution is 2.34. The van der Waals surface area contributed by atoms with E-state index in [1.807, 2.05) is 31.2 Å². The Bertz CT molecular complexity index is 1050. The van der Waals surface area contributed by atoms with Crippen molar-refractivity contribution in [1.82, 2.24) is 9.97 Å². The number of hydrogen-bond donors (Lipinski definition) is 1. The highest BCUT2D eigenvalue weighted by molar-refractivity contribution is 6.32. The zero-order valence-corrected chi connectivity index (χ0v) is 16.0. The van der Waals surface area contributed by atoms with E-state index in [1.165, 1.54) is 5.56 Å². The number of amides is 1. The lowest BCUT2D eigenvalue weighted by Gasteiger charge is -2.20. The van der Waals surface area contributed by atoms with Crippen LogP contribution in [0.2, 0.25) is 0 Å². The number of nitrogens with one attached hydrogen (secondary N) is 1. The molecule has 138 valence electrons. The molecule has 28 heavy (non-hydrogen) atoms. The van der Waals surface area contributed by atoms with Crippen LogP contribution in [-0.4, -0.2) is 30.8 Å². The molecule has 3 aromatic rings. The number of aromatic nitrogens is 2. The molecule has 5 nitrogen and oxygen atoms in total. The van der Waals surface area contributed by atoms with Crippen LogP contribution in [0.4, 0.5) is 5.82 Å². The second kappa shape index (κ2) is 7.47. The van der Waals surface area contributed by atoms with Crippen LogP contribution in [0.15, 0.2) is 42.5 Å². The van der Waals surface area contributed by atoms with E-state index in [0.717, 1.165) is 41.1 Å². The molecular weight excluding hydrogens is 349 g/mol. The summed E-state index contributed by atoms with van der Waals surface area (Å²) in [5.74, 6) is 1.25. The van der Waals surface area contributed by atoms with Gasteiger partial charge in [0.15, 0.2) is 5.82 Å². The average Bonchev–Trinajstić information content (AvgIpc) is 2.70. The maximum absolute atomic E-state index is 12.4. The van der Waals surface area contributed by atoms with Gasteiger partial charge in [-0.2, -0.15) is 0 Å². The Balaban J connectivity index is 1.57. The lowest BCUT2D eigenvalue weighted by molar-refractivity contribution is -0.115. The third kappa shape index (κ3) is 3.63. The summed E-state index contributed by atoms with van der Waals surface area (Å²) in [6.07, 6.45) is 1.92. The van der Waals surface area contributed by atoms with Gasteiger partial charge in [-0.15, -0.1) is 0 Å².